The van der Waals surface area contributed by atoms with Crippen LogP contribution in [-0.2, 0) is 4.74 Å². The van der Waals surface area contributed by atoms with E-state index in [4.69, 9.17) is 4.74 Å². The second-order valence-electron chi connectivity index (χ2n) is 5.58. The van der Waals surface area contributed by atoms with Crippen molar-refractivity contribution in [3.05, 3.63) is 0 Å². The van der Waals surface area contributed by atoms with Crippen molar-refractivity contribution < 1.29 is 4.74 Å². The van der Waals surface area contributed by atoms with Crippen molar-refractivity contribution >= 4 is 22.6 Å². The SMILES string of the molecule is CC(OC1CCCCC1I)C1CCCCC1. The average Bonchev–Trinajstić information content (AvgIpc) is 2.33. The molecule has 2 aliphatic rings. The van der Waals surface area contributed by atoms with Crippen LogP contribution in [0.5, 0.6) is 0 Å². The van der Waals surface area contributed by atoms with Crippen molar-refractivity contribution in [3.63, 3.8) is 0 Å². The van der Waals surface area contributed by atoms with Gasteiger partial charge in [-0.3, -0.25) is 0 Å². The second-order valence-corrected chi connectivity index (χ2v) is 7.18. The monoisotopic (exact) mass is 336 g/mol. The summed E-state index contributed by atoms with van der Waals surface area (Å²) >= 11 is 2.60. The van der Waals surface area contributed by atoms with Gasteiger partial charge in [-0.15, -0.1) is 0 Å². The van der Waals surface area contributed by atoms with Gasteiger partial charge in [0.15, 0.2) is 0 Å². The number of hydrogen-bond donors (Lipinski definition) is 0. The zero-order chi connectivity index (χ0) is 11.4. The Morgan fingerprint density at radius 2 is 1.56 bits per heavy atom. The van der Waals surface area contributed by atoms with Crippen molar-refractivity contribution in [3.8, 4) is 0 Å². The third-order valence-corrected chi connectivity index (χ3v) is 5.75. The first-order valence-electron chi connectivity index (χ1n) is 7.07. The largest absolute Gasteiger partial charge is 0.374 e. The Bertz CT molecular complexity index is 201. The molecule has 2 saturated carbocycles. The Morgan fingerprint density at radius 3 is 2.25 bits per heavy atom. The topological polar surface area (TPSA) is 9.23 Å². The highest BCUT2D eigenvalue weighted by Gasteiger charge is 2.28. The molecular formula is C14H25IO. The van der Waals surface area contributed by atoms with E-state index in [1.807, 2.05) is 0 Å². The van der Waals surface area contributed by atoms with Gasteiger partial charge in [0, 0.05) is 3.92 Å². The van der Waals surface area contributed by atoms with Crippen molar-refractivity contribution in [1.82, 2.24) is 0 Å². The van der Waals surface area contributed by atoms with Crippen LogP contribution in [0.2, 0.25) is 0 Å². The number of rotatable bonds is 3. The van der Waals surface area contributed by atoms with E-state index in [2.05, 4.69) is 29.5 Å². The Morgan fingerprint density at radius 1 is 0.938 bits per heavy atom. The van der Waals surface area contributed by atoms with E-state index in [0.29, 0.717) is 12.2 Å². The normalized spacial score (nSPS) is 34.9. The van der Waals surface area contributed by atoms with Crippen LogP contribution in [0.25, 0.3) is 0 Å². The molecule has 94 valence electrons. The summed E-state index contributed by atoms with van der Waals surface area (Å²) in [6, 6.07) is 0. The van der Waals surface area contributed by atoms with E-state index in [1.165, 1.54) is 57.8 Å². The van der Waals surface area contributed by atoms with Crippen molar-refractivity contribution in [2.24, 2.45) is 5.92 Å². The Hall–Kier alpha value is 0.690. The fourth-order valence-corrected chi connectivity index (χ4v) is 4.16. The molecule has 2 rings (SSSR count). The summed E-state index contributed by atoms with van der Waals surface area (Å²) in [6.45, 7) is 2.31. The maximum Gasteiger partial charge on any atom is 0.0696 e. The third-order valence-electron chi connectivity index (χ3n) is 4.33. The Balaban J connectivity index is 1.78. The van der Waals surface area contributed by atoms with Gasteiger partial charge in [-0.1, -0.05) is 54.7 Å². The molecule has 3 atom stereocenters. The number of hydrogen-bond acceptors (Lipinski definition) is 1. The molecule has 2 heteroatoms. The molecule has 0 N–H and O–H groups in total. The lowest BCUT2D eigenvalue weighted by Gasteiger charge is -2.34. The van der Waals surface area contributed by atoms with Crippen LogP contribution in [0.4, 0.5) is 0 Å². The van der Waals surface area contributed by atoms with Gasteiger partial charge in [-0.25, -0.2) is 0 Å². The van der Waals surface area contributed by atoms with Gasteiger partial charge in [0.05, 0.1) is 12.2 Å². The van der Waals surface area contributed by atoms with Gasteiger partial charge in [0.2, 0.25) is 0 Å². The molecule has 0 aliphatic heterocycles. The third kappa shape index (κ3) is 3.59. The molecule has 1 nitrogen and oxygen atoms in total. The molecule has 0 amide bonds. The predicted molar refractivity (Wildman–Crippen MR) is 77.2 cm³/mol. The molecule has 0 spiro atoms. The van der Waals surface area contributed by atoms with E-state index in [0.717, 1.165) is 9.84 Å². The first-order chi connectivity index (χ1) is 7.77. The maximum absolute atomic E-state index is 6.34. The highest BCUT2D eigenvalue weighted by atomic mass is 127. The molecular weight excluding hydrogens is 311 g/mol. The van der Waals surface area contributed by atoms with Crippen LogP contribution in [0.15, 0.2) is 0 Å². The molecule has 2 fully saturated rings. The minimum Gasteiger partial charge on any atom is -0.374 e. The van der Waals surface area contributed by atoms with Gasteiger partial charge in [0.25, 0.3) is 0 Å². The summed E-state index contributed by atoms with van der Waals surface area (Å²) in [5, 5.41) is 0. The van der Waals surface area contributed by atoms with Gasteiger partial charge in [-0.05, 0) is 38.5 Å². The molecule has 2 aliphatic carbocycles. The number of alkyl halides is 1. The summed E-state index contributed by atoms with van der Waals surface area (Å²) in [7, 11) is 0. The Kier molecular flexibility index (Phi) is 5.40. The number of ether oxygens (including phenoxy) is 1. The zero-order valence-corrected chi connectivity index (χ0v) is 12.6. The molecule has 0 heterocycles. The van der Waals surface area contributed by atoms with E-state index in [9.17, 15) is 0 Å². The standard InChI is InChI=1S/C14H25IO/c1-11(12-7-3-2-4-8-12)16-14-10-6-5-9-13(14)15/h11-14H,2-10H2,1H3. The Labute approximate surface area is 114 Å². The summed E-state index contributed by atoms with van der Waals surface area (Å²) in [5.74, 6) is 0.847. The quantitative estimate of drug-likeness (QED) is 0.535. The van der Waals surface area contributed by atoms with Crippen molar-refractivity contribution in [1.29, 1.82) is 0 Å². The van der Waals surface area contributed by atoms with Gasteiger partial charge >= 0.3 is 0 Å². The van der Waals surface area contributed by atoms with E-state index in [1.54, 1.807) is 0 Å². The second kappa shape index (κ2) is 6.58. The van der Waals surface area contributed by atoms with Crippen LogP contribution in [0, 0.1) is 5.92 Å². The number of halogens is 1. The van der Waals surface area contributed by atoms with Crippen LogP contribution < -0.4 is 0 Å². The molecule has 0 saturated heterocycles. The highest BCUT2D eigenvalue weighted by Crippen LogP contribution is 2.32. The fraction of sp³-hybridized carbons (Fsp3) is 1.00. The van der Waals surface area contributed by atoms with Gasteiger partial charge in [-0.2, -0.15) is 0 Å². The molecule has 0 radical (unpaired) electrons. The van der Waals surface area contributed by atoms with E-state index in [-0.39, 0.29) is 0 Å². The molecule has 3 unspecified atom stereocenters. The van der Waals surface area contributed by atoms with E-state index < -0.39 is 0 Å². The minimum atomic E-state index is 0.501. The summed E-state index contributed by atoms with van der Waals surface area (Å²) in [6.07, 6.45) is 13.6. The van der Waals surface area contributed by atoms with Gasteiger partial charge < -0.3 is 4.74 Å². The van der Waals surface area contributed by atoms with E-state index >= 15 is 0 Å². The van der Waals surface area contributed by atoms with Crippen LogP contribution in [0.3, 0.4) is 0 Å². The summed E-state index contributed by atoms with van der Waals surface area (Å²) in [4.78, 5) is 0. The summed E-state index contributed by atoms with van der Waals surface area (Å²) in [5.41, 5.74) is 0. The fourth-order valence-electron chi connectivity index (χ4n) is 3.20. The molecule has 0 aromatic carbocycles. The molecule has 0 aromatic rings. The lowest BCUT2D eigenvalue weighted by molar-refractivity contribution is -0.0493. The zero-order valence-electron chi connectivity index (χ0n) is 10.5. The minimum absolute atomic E-state index is 0.501. The first kappa shape index (κ1) is 13.1. The predicted octanol–water partition coefficient (Wildman–Crippen LogP) is 4.72. The molecule has 16 heavy (non-hydrogen) atoms. The van der Waals surface area contributed by atoms with Gasteiger partial charge in [0.1, 0.15) is 0 Å². The lowest BCUT2D eigenvalue weighted by atomic mass is 9.85. The average molecular weight is 336 g/mol. The van der Waals surface area contributed by atoms with Crippen LogP contribution >= 0.6 is 22.6 Å². The lowest BCUT2D eigenvalue weighted by Crippen LogP contribution is -2.34. The maximum atomic E-state index is 6.34. The van der Waals surface area contributed by atoms with Crippen LogP contribution in [0.1, 0.15) is 64.7 Å². The summed E-state index contributed by atoms with van der Waals surface area (Å²) < 4.78 is 7.10. The first-order valence-corrected chi connectivity index (χ1v) is 8.31. The smallest absolute Gasteiger partial charge is 0.0696 e. The van der Waals surface area contributed by atoms with Crippen molar-refractivity contribution in [2.75, 3.05) is 0 Å². The van der Waals surface area contributed by atoms with Crippen LogP contribution in [-0.4, -0.2) is 16.1 Å². The highest BCUT2D eigenvalue weighted by molar-refractivity contribution is 14.1. The molecule has 0 bridgehead atoms. The molecule has 0 aromatic heterocycles. The van der Waals surface area contributed by atoms with Crippen molar-refractivity contribution in [2.45, 2.75) is 80.8 Å².